The van der Waals surface area contributed by atoms with E-state index in [1.54, 1.807) is 0 Å². The summed E-state index contributed by atoms with van der Waals surface area (Å²) >= 11 is 0. The molecule has 1 heterocycles. The fourth-order valence-electron chi connectivity index (χ4n) is 1.93. The van der Waals surface area contributed by atoms with Gasteiger partial charge in [-0.2, -0.15) is 0 Å². The van der Waals surface area contributed by atoms with E-state index in [1.807, 2.05) is 25.7 Å². The maximum atomic E-state index is 12.0. The first-order valence-corrected chi connectivity index (χ1v) is 5.84. The van der Waals surface area contributed by atoms with Crippen LogP contribution in [0.4, 0.5) is 0 Å². The van der Waals surface area contributed by atoms with Crippen molar-refractivity contribution in [3.8, 4) is 12.3 Å². The van der Waals surface area contributed by atoms with Gasteiger partial charge < -0.3 is 4.74 Å². The molecule has 0 radical (unpaired) electrons. The van der Waals surface area contributed by atoms with Crippen molar-refractivity contribution in [3.05, 3.63) is 0 Å². The van der Waals surface area contributed by atoms with Crippen molar-refractivity contribution in [2.24, 2.45) is 0 Å². The van der Waals surface area contributed by atoms with Crippen molar-refractivity contribution < 1.29 is 9.53 Å². The van der Waals surface area contributed by atoms with Gasteiger partial charge in [-0.3, -0.25) is 9.69 Å². The number of rotatable bonds is 2. The monoisotopic (exact) mass is 223 g/mol. The number of hydrogen-bond donors (Lipinski definition) is 0. The quantitative estimate of drug-likeness (QED) is 0.528. The third-order valence-electron chi connectivity index (χ3n) is 2.59. The second-order valence-corrected chi connectivity index (χ2v) is 5.22. The van der Waals surface area contributed by atoms with Gasteiger partial charge in [-0.25, -0.2) is 0 Å². The Hall–Kier alpha value is -1.01. The Morgan fingerprint density at radius 2 is 2.19 bits per heavy atom. The van der Waals surface area contributed by atoms with E-state index < -0.39 is 5.60 Å². The van der Waals surface area contributed by atoms with Crippen LogP contribution in [0.2, 0.25) is 0 Å². The number of carbonyl (C=O) groups is 1. The number of likely N-dealkylation sites (tertiary alicyclic amines) is 1. The molecule has 0 aromatic heterocycles. The van der Waals surface area contributed by atoms with Gasteiger partial charge in [-0.15, -0.1) is 6.42 Å². The largest absolute Gasteiger partial charge is 0.459 e. The lowest BCUT2D eigenvalue weighted by Crippen LogP contribution is -2.47. The van der Waals surface area contributed by atoms with E-state index in [0.29, 0.717) is 6.54 Å². The summed E-state index contributed by atoms with van der Waals surface area (Å²) in [5.41, 5.74) is -0.420. The van der Waals surface area contributed by atoms with Gasteiger partial charge in [-0.05, 0) is 40.2 Å². The van der Waals surface area contributed by atoms with E-state index in [-0.39, 0.29) is 12.0 Å². The van der Waals surface area contributed by atoms with Crippen LogP contribution in [0.3, 0.4) is 0 Å². The molecular formula is C13H21NO2. The molecule has 90 valence electrons. The van der Waals surface area contributed by atoms with Gasteiger partial charge >= 0.3 is 5.97 Å². The lowest BCUT2D eigenvalue weighted by atomic mass is 10.0. The van der Waals surface area contributed by atoms with E-state index in [4.69, 9.17) is 11.2 Å². The smallest absolute Gasteiger partial charge is 0.323 e. The second kappa shape index (κ2) is 5.36. The summed E-state index contributed by atoms with van der Waals surface area (Å²) in [5, 5.41) is 0. The highest BCUT2D eigenvalue weighted by molar-refractivity contribution is 5.76. The molecule has 0 bridgehead atoms. The van der Waals surface area contributed by atoms with Gasteiger partial charge in [0.05, 0.1) is 6.54 Å². The summed E-state index contributed by atoms with van der Waals surface area (Å²) in [5.74, 6) is 2.47. The molecule has 0 spiro atoms. The van der Waals surface area contributed by atoms with Gasteiger partial charge in [0.1, 0.15) is 11.6 Å². The van der Waals surface area contributed by atoms with Crippen LogP contribution in [0, 0.1) is 12.3 Å². The first-order valence-electron chi connectivity index (χ1n) is 5.84. The molecule has 16 heavy (non-hydrogen) atoms. The average molecular weight is 223 g/mol. The van der Waals surface area contributed by atoms with Crippen LogP contribution < -0.4 is 0 Å². The third-order valence-corrected chi connectivity index (χ3v) is 2.59. The van der Waals surface area contributed by atoms with Crippen molar-refractivity contribution in [3.63, 3.8) is 0 Å². The van der Waals surface area contributed by atoms with Crippen LogP contribution in [0.15, 0.2) is 0 Å². The van der Waals surface area contributed by atoms with Gasteiger partial charge in [-0.1, -0.05) is 12.3 Å². The highest BCUT2D eigenvalue weighted by Crippen LogP contribution is 2.20. The SMILES string of the molecule is C#CCN1CCCC[C@H]1C(=O)OC(C)(C)C. The maximum absolute atomic E-state index is 12.0. The van der Waals surface area contributed by atoms with E-state index in [2.05, 4.69) is 5.92 Å². The van der Waals surface area contributed by atoms with Crippen molar-refractivity contribution >= 4 is 5.97 Å². The molecule has 0 aromatic rings. The normalized spacial score (nSPS) is 22.5. The molecule has 0 aromatic carbocycles. The summed E-state index contributed by atoms with van der Waals surface area (Å²) in [6.07, 6.45) is 8.35. The van der Waals surface area contributed by atoms with Crippen molar-refractivity contribution in [2.75, 3.05) is 13.1 Å². The number of hydrogen-bond acceptors (Lipinski definition) is 3. The van der Waals surface area contributed by atoms with Gasteiger partial charge in [0, 0.05) is 0 Å². The standard InChI is InChI=1S/C13H21NO2/c1-5-9-14-10-7-6-8-11(14)12(15)16-13(2,3)4/h1,11H,6-10H2,2-4H3/t11-/m0/s1. The molecule has 1 aliphatic rings. The summed E-state index contributed by atoms with van der Waals surface area (Å²) in [7, 11) is 0. The van der Waals surface area contributed by atoms with E-state index in [9.17, 15) is 4.79 Å². The average Bonchev–Trinajstić information content (AvgIpc) is 2.16. The molecule has 0 N–H and O–H groups in total. The van der Waals surface area contributed by atoms with Crippen LogP contribution in [-0.4, -0.2) is 35.6 Å². The molecule has 1 atom stereocenters. The van der Waals surface area contributed by atoms with E-state index in [1.165, 1.54) is 0 Å². The minimum absolute atomic E-state index is 0.137. The second-order valence-electron chi connectivity index (χ2n) is 5.22. The minimum Gasteiger partial charge on any atom is -0.459 e. The first-order chi connectivity index (χ1) is 7.44. The van der Waals surface area contributed by atoms with Crippen LogP contribution >= 0.6 is 0 Å². The number of esters is 1. The molecule has 0 unspecified atom stereocenters. The van der Waals surface area contributed by atoms with E-state index >= 15 is 0 Å². The Kier molecular flexibility index (Phi) is 4.37. The number of piperidine rings is 1. The van der Waals surface area contributed by atoms with Crippen molar-refractivity contribution in [2.45, 2.75) is 51.7 Å². The Labute approximate surface area is 98.1 Å². The highest BCUT2D eigenvalue weighted by atomic mass is 16.6. The van der Waals surface area contributed by atoms with E-state index in [0.717, 1.165) is 25.8 Å². The van der Waals surface area contributed by atoms with Crippen LogP contribution in [-0.2, 0) is 9.53 Å². The molecule has 3 nitrogen and oxygen atoms in total. The number of carbonyl (C=O) groups excluding carboxylic acids is 1. The molecule has 1 rings (SSSR count). The third kappa shape index (κ3) is 3.86. The molecule has 3 heteroatoms. The number of terminal acetylenes is 1. The fourth-order valence-corrected chi connectivity index (χ4v) is 1.93. The zero-order valence-electron chi connectivity index (χ0n) is 10.5. The lowest BCUT2D eigenvalue weighted by molar-refractivity contribution is -0.162. The maximum Gasteiger partial charge on any atom is 0.323 e. The van der Waals surface area contributed by atoms with Crippen molar-refractivity contribution in [1.29, 1.82) is 0 Å². The predicted octanol–water partition coefficient (Wildman–Crippen LogP) is 1.82. The Balaban J connectivity index is 2.61. The summed E-state index contributed by atoms with van der Waals surface area (Å²) < 4.78 is 5.40. The Morgan fingerprint density at radius 1 is 1.50 bits per heavy atom. The molecule has 0 saturated carbocycles. The molecule has 0 aliphatic carbocycles. The Morgan fingerprint density at radius 3 is 2.75 bits per heavy atom. The molecule has 0 amide bonds. The lowest BCUT2D eigenvalue weighted by Gasteiger charge is -2.34. The van der Waals surface area contributed by atoms with Crippen molar-refractivity contribution in [1.82, 2.24) is 4.90 Å². The molecule has 1 fully saturated rings. The number of nitrogens with zero attached hydrogens (tertiary/aromatic N) is 1. The summed E-state index contributed by atoms with van der Waals surface area (Å²) in [6, 6.07) is -0.149. The van der Waals surface area contributed by atoms with Crippen LogP contribution in [0.5, 0.6) is 0 Å². The van der Waals surface area contributed by atoms with Crippen LogP contribution in [0.25, 0.3) is 0 Å². The van der Waals surface area contributed by atoms with Gasteiger partial charge in [0.15, 0.2) is 0 Å². The van der Waals surface area contributed by atoms with Gasteiger partial charge in [0.25, 0.3) is 0 Å². The molecule has 1 saturated heterocycles. The minimum atomic E-state index is -0.420. The number of ether oxygens (including phenoxy) is 1. The zero-order valence-corrected chi connectivity index (χ0v) is 10.5. The summed E-state index contributed by atoms with van der Waals surface area (Å²) in [6.45, 7) is 7.09. The topological polar surface area (TPSA) is 29.5 Å². The van der Waals surface area contributed by atoms with Gasteiger partial charge in [0.2, 0.25) is 0 Å². The van der Waals surface area contributed by atoms with Crippen LogP contribution in [0.1, 0.15) is 40.0 Å². The molecule has 1 aliphatic heterocycles. The zero-order chi connectivity index (χ0) is 12.2. The first kappa shape index (κ1) is 13.1. The summed E-state index contributed by atoms with van der Waals surface area (Å²) in [4.78, 5) is 14.0. The Bertz CT molecular complexity index is 285. The fraction of sp³-hybridized carbons (Fsp3) is 0.769. The molecular weight excluding hydrogens is 202 g/mol. The predicted molar refractivity (Wildman–Crippen MR) is 63.9 cm³/mol. The highest BCUT2D eigenvalue weighted by Gasteiger charge is 2.31.